The van der Waals surface area contributed by atoms with Crippen molar-refractivity contribution in [1.82, 2.24) is 5.32 Å². The van der Waals surface area contributed by atoms with E-state index in [1.165, 1.54) is 6.26 Å². The lowest BCUT2D eigenvalue weighted by atomic mass is 10.1. The molecule has 1 amide bonds. The minimum Gasteiger partial charge on any atom is -0.486 e. The Balaban J connectivity index is 1.61. The molecule has 0 saturated heterocycles. The predicted octanol–water partition coefficient (Wildman–Crippen LogP) is 2.99. The zero-order valence-corrected chi connectivity index (χ0v) is 12.9. The van der Waals surface area contributed by atoms with Crippen LogP contribution in [0.25, 0.3) is 0 Å². The van der Waals surface area contributed by atoms with Crippen LogP contribution in [0.15, 0.2) is 28.9 Å². The van der Waals surface area contributed by atoms with Crippen LogP contribution in [0.1, 0.15) is 21.7 Å². The van der Waals surface area contributed by atoms with Gasteiger partial charge in [-0.1, -0.05) is 11.6 Å². The van der Waals surface area contributed by atoms with Gasteiger partial charge in [0.1, 0.15) is 13.2 Å². The minimum absolute atomic E-state index is 0.217. The fourth-order valence-corrected chi connectivity index (χ4v) is 2.60. The highest BCUT2D eigenvalue weighted by Crippen LogP contribution is 2.38. The van der Waals surface area contributed by atoms with Crippen LogP contribution in [0.2, 0.25) is 5.02 Å². The maximum Gasteiger partial charge on any atom is 0.287 e. The van der Waals surface area contributed by atoms with E-state index in [0.29, 0.717) is 48.5 Å². The van der Waals surface area contributed by atoms with Crippen molar-refractivity contribution in [2.45, 2.75) is 13.3 Å². The summed E-state index contributed by atoms with van der Waals surface area (Å²) in [6.45, 7) is 3.33. The average molecular weight is 322 g/mol. The van der Waals surface area contributed by atoms with Crippen LogP contribution in [0.4, 0.5) is 0 Å². The zero-order chi connectivity index (χ0) is 15.5. The number of halogens is 1. The molecule has 2 heterocycles. The van der Waals surface area contributed by atoms with E-state index in [0.717, 1.165) is 11.1 Å². The molecule has 0 spiro atoms. The molecule has 0 unspecified atom stereocenters. The quantitative estimate of drug-likeness (QED) is 0.940. The Morgan fingerprint density at radius 2 is 2.14 bits per heavy atom. The topological polar surface area (TPSA) is 60.7 Å². The van der Waals surface area contributed by atoms with Crippen molar-refractivity contribution in [1.29, 1.82) is 0 Å². The Bertz CT molecular complexity index is 695. The molecule has 0 radical (unpaired) electrons. The van der Waals surface area contributed by atoms with E-state index in [2.05, 4.69) is 5.32 Å². The van der Waals surface area contributed by atoms with Crippen molar-refractivity contribution in [3.05, 3.63) is 46.4 Å². The van der Waals surface area contributed by atoms with Crippen LogP contribution in [-0.4, -0.2) is 25.7 Å². The molecule has 0 saturated carbocycles. The number of furan rings is 1. The number of carbonyl (C=O) groups excluding carboxylic acids is 1. The van der Waals surface area contributed by atoms with Gasteiger partial charge in [0.25, 0.3) is 5.91 Å². The largest absolute Gasteiger partial charge is 0.486 e. The van der Waals surface area contributed by atoms with Gasteiger partial charge in [0, 0.05) is 12.1 Å². The van der Waals surface area contributed by atoms with E-state index in [-0.39, 0.29) is 5.91 Å². The van der Waals surface area contributed by atoms with Crippen molar-refractivity contribution < 1.29 is 18.7 Å². The standard InChI is InChI=1S/C16H16ClNO4/c1-10-3-5-21-14(10)16(19)18-4-2-11-8-12(17)15-13(9-11)20-6-7-22-15/h3,5,8-9H,2,4,6-7H2,1H3,(H,18,19). The van der Waals surface area contributed by atoms with Gasteiger partial charge in [-0.05, 0) is 37.1 Å². The molecule has 1 aliphatic heterocycles. The maximum atomic E-state index is 11.9. The highest BCUT2D eigenvalue weighted by molar-refractivity contribution is 6.32. The number of benzene rings is 1. The molecule has 22 heavy (non-hydrogen) atoms. The summed E-state index contributed by atoms with van der Waals surface area (Å²) in [4.78, 5) is 11.9. The highest BCUT2D eigenvalue weighted by Gasteiger charge is 2.17. The molecule has 1 aromatic carbocycles. The smallest absolute Gasteiger partial charge is 0.287 e. The molecule has 0 bridgehead atoms. The van der Waals surface area contributed by atoms with E-state index in [9.17, 15) is 4.79 Å². The first-order valence-corrected chi connectivity index (χ1v) is 7.43. The summed E-state index contributed by atoms with van der Waals surface area (Å²) in [5, 5.41) is 3.35. The second kappa shape index (κ2) is 6.32. The highest BCUT2D eigenvalue weighted by atomic mass is 35.5. The summed E-state index contributed by atoms with van der Waals surface area (Å²) in [6.07, 6.45) is 2.15. The monoisotopic (exact) mass is 321 g/mol. The molecular formula is C16H16ClNO4. The zero-order valence-electron chi connectivity index (χ0n) is 12.1. The molecule has 3 rings (SSSR count). The first kappa shape index (κ1) is 14.8. The Kier molecular flexibility index (Phi) is 4.24. The van der Waals surface area contributed by atoms with Crippen LogP contribution in [0.3, 0.4) is 0 Å². The van der Waals surface area contributed by atoms with Crippen molar-refractivity contribution in [2.24, 2.45) is 0 Å². The minimum atomic E-state index is -0.217. The van der Waals surface area contributed by atoms with E-state index < -0.39 is 0 Å². The van der Waals surface area contributed by atoms with Crippen molar-refractivity contribution in [3.8, 4) is 11.5 Å². The number of rotatable bonds is 4. The fraction of sp³-hybridized carbons (Fsp3) is 0.312. The van der Waals surface area contributed by atoms with E-state index >= 15 is 0 Å². The molecule has 116 valence electrons. The lowest BCUT2D eigenvalue weighted by molar-refractivity contribution is 0.0925. The lowest BCUT2D eigenvalue weighted by Gasteiger charge is -2.20. The van der Waals surface area contributed by atoms with Crippen molar-refractivity contribution in [3.63, 3.8) is 0 Å². The SMILES string of the molecule is Cc1ccoc1C(=O)NCCc1cc(Cl)c2c(c1)OCCO2. The normalized spacial score (nSPS) is 13.0. The van der Waals surface area contributed by atoms with Crippen molar-refractivity contribution in [2.75, 3.05) is 19.8 Å². The fourth-order valence-electron chi connectivity index (χ4n) is 2.31. The number of amides is 1. The molecule has 2 aromatic rings. The van der Waals surface area contributed by atoms with E-state index in [1.54, 1.807) is 6.07 Å². The van der Waals surface area contributed by atoms with Gasteiger partial charge in [-0.15, -0.1) is 0 Å². The second-order valence-corrected chi connectivity index (χ2v) is 5.45. The summed E-state index contributed by atoms with van der Waals surface area (Å²) < 4.78 is 16.2. The molecule has 0 aliphatic carbocycles. The number of fused-ring (bicyclic) bond motifs is 1. The first-order chi connectivity index (χ1) is 10.6. The van der Waals surface area contributed by atoms with Gasteiger partial charge in [-0.2, -0.15) is 0 Å². The molecular weight excluding hydrogens is 306 g/mol. The first-order valence-electron chi connectivity index (χ1n) is 7.05. The van der Waals surface area contributed by atoms with Gasteiger partial charge >= 0.3 is 0 Å². The van der Waals surface area contributed by atoms with Gasteiger partial charge in [0.2, 0.25) is 0 Å². The number of hydrogen-bond acceptors (Lipinski definition) is 4. The third-order valence-corrected chi connectivity index (χ3v) is 3.70. The number of nitrogens with one attached hydrogen (secondary N) is 1. The summed E-state index contributed by atoms with van der Waals surface area (Å²) in [5.74, 6) is 1.38. The van der Waals surface area contributed by atoms with Gasteiger partial charge < -0.3 is 19.2 Å². The number of carbonyl (C=O) groups is 1. The summed E-state index contributed by atoms with van der Waals surface area (Å²) >= 11 is 6.18. The lowest BCUT2D eigenvalue weighted by Crippen LogP contribution is -2.26. The van der Waals surface area contributed by atoms with Crippen LogP contribution in [-0.2, 0) is 6.42 Å². The van der Waals surface area contributed by atoms with Gasteiger partial charge in [0.05, 0.1) is 11.3 Å². The number of ether oxygens (including phenoxy) is 2. The molecule has 1 N–H and O–H groups in total. The molecule has 6 heteroatoms. The van der Waals surface area contributed by atoms with Gasteiger partial charge in [-0.3, -0.25) is 4.79 Å². The van der Waals surface area contributed by atoms with Crippen LogP contribution in [0.5, 0.6) is 11.5 Å². The maximum absolute atomic E-state index is 11.9. The summed E-state index contributed by atoms with van der Waals surface area (Å²) in [5.41, 5.74) is 1.80. The van der Waals surface area contributed by atoms with Gasteiger partial charge in [-0.25, -0.2) is 0 Å². The average Bonchev–Trinajstić information content (AvgIpc) is 2.93. The molecule has 1 aliphatic rings. The second-order valence-electron chi connectivity index (χ2n) is 5.04. The number of hydrogen-bond donors (Lipinski definition) is 1. The third-order valence-electron chi connectivity index (χ3n) is 3.42. The summed E-state index contributed by atoms with van der Waals surface area (Å²) in [7, 11) is 0. The molecule has 1 aromatic heterocycles. The Morgan fingerprint density at radius 1 is 1.32 bits per heavy atom. The van der Waals surface area contributed by atoms with Crippen molar-refractivity contribution >= 4 is 17.5 Å². The Labute approximate surface area is 133 Å². The number of aryl methyl sites for hydroxylation is 1. The summed E-state index contributed by atoms with van der Waals surface area (Å²) in [6, 6.07) is 5.49. The molecule has 0 atom stereocenters. The van der Waals surface area contributed by atoms with Crippen LogP contribution in [0, 0.1) is 6.92 Å². The Morgan fingerprint density at radius 3 is 2.91 bits per heavy atom. The Hall–Kier alpha value is -2.14. The van der Waals surface area contributed by atoms with Crippen LogP contribution >= 0.6 is 11.6 Å². The van der Waals surface area contributed by atoms with E-state index in [4.69, 9.17) is 25.5 Å². The van der Waals surface area contributed by atoms with Gasteiger partial charge in [0.15, 0.2) is 17.3 Å². The predicted molar refractivity (Wildman–Crippen MR) is 81.9 cm³/mol. The molecule has 5 nitrogen and oxygen atoms in total. The van der Waals surface area contributed by atoms with E-state index in [1.807, 2.05) is 19.1 Å². The third kappa shape index (κ3) is 3.04. The molecule has 0 fully saturated rings. The van der Waals surface area contributed by atoms with Crippen LogP contribution < -0.4 is 14.8 Å².